The molecule has 0 spiro atoms. The Morgan fingerprint density at radius 1 is 1.14 bits per heavy atom. The predicted octanol–water partition coefficient (Wildman–Crippen LogP) is 3.00. The highest BCUT2D eigenvalue weighted by Crippen LogP contribution is 2.27. The highest BCUT2D eigenvalue weighted by atomic mass is 16.3. The molecular formula is C22H24N4O2. The van der Waals surface area contributed by atoms with Crippen molar-refractivity contribution in [1.29, 1.82) is 0 Å². The minimum absolute atomic E-state index is 0.0350. The molecule has 1 amide bonds. The van der Waals surface area contributed by atoms with Gasteiger partial charge in [0.25, 0.3) is 0 Å². The normalized spacial score (nSPS) is 13.6. The van der Waals surface area contributed by atoms with Crippen LogP contribution < -0.4 is 15.5 Å². The molecule has 0 unspecified atom stereocenters. The predicted molar refractivity (Wildman–Crippen MR) is 112 cm³/mol. The van der Waals surface area contributed by atoms with Gasteiger partial charge < -0.3 is 20.0 Å². The van der Waals surface area contributed by atoms with Crippen LogP contribution in [0.15, 0.2) is 57.9 Å². The number of amides is 1. The summed E-state index contributed by atoms with van der Waals surface area (Å²) in [4.78, 5) is 18.7. The fourth-order valence-electron chi connectivity index (χ4n) is 3.63. The number of para-hydroxylation sites is 2. The van der Waals surface area contributed by atoms with E-state index in [4.69, 9.17) is 4.42 Å². The largest absolute Gasteiger partial charge is 0.459 e. The van der Waals surface area contributed by atoms with Crippen LogP contribution >= 0.6 is 0 Å². The smallest absolute Gasteiger partial charge is 0.246 e. The third-order valence-corrected chi connectivity index (χ3v) is 5.18. The first-order valence-corrected chi connectivity index (χ1v) is 9.47. The van der Waals surface area contributed by atoms with Crippen molar-refractivity contribution in [2.45, 2.75) is 19.9 Å². The molecule has 4 rings (SSSR count). The highest BCUT2D eigenvalue weighted by Gasteiger charge is 2.23. The van der Waals surface area contributed by atoms with Crippen LogP contribution in [0.2, 0.25) is 0 Å². The van der Waals surface area contributed by atoms with Crippen LogP contribution in [0.1, 0.15) is 16.9 Å². The molecule has 0 fully saturated rings. The molecule has 0 saturated heterocycles. The number of carbonyl (C=O) groups excluding carboxylic acids is 1. The van der Waals surface area contributed by atoms with Crippen LogP contribution in [0.4, 0.5) is 5.69 Å². The number of guanidine groups is 1. The van der Waals surface area contributed by atoms with Crippen LogP contribution in [0, 0.1) is 6.92 Å². The number of furan rings is 1. The second-order valence-electron chi connectivity index (χ2n) is 6.85. The second-order valence-corrected chi connectivity index (χ2v) is 6.85. The molecule has 0 radical (unpaired) electrons. The number of rotatable bonds is 4. The molecule has 0 aliphatic carbocycles. The quantitative estimate of drug-likeness (QED) is 0.543. The summed E-state index contributed by atoms with van der Waals surface area (Å²) in [7, 11) is 1.69. The van der Waals surface area contributed by atoms with E-state index in [9.17, 15) is 4.79 Å². The molecule has 0 atom stereocenters. The Hall–Kier alpha value is -3.28. The number of hydrogen-bond acceptors (Lipinski definition) is 3. The van der Waals surface area contributed by atoms with Gasteiger partial charge in [-0.05, 0) is 31.0 Å². The van der Waals surface area contributed by atoms with Gasteiger partial charge >= 0.3 is 0 Å². The van der Waals surface area contributed by atoms with Crippen molar-refractivity contribution in [3.05, 3.63) is 65.4 Å². The van der Waals surface area contributed by atoms with Crippen molar-refractivity contribution in [3.63, 3.8) is 0 Å². The summed E-state index contributed by atoms with van der Waals surface area (Å²) in [6.45, 7) is 3.46. The van der Waals surface area contributed by atoms with Crippen LogP contribution in [0.25, 0.3) is 11.0 Å². The monoisotopic (exact) mass is 376 g/mol. The Balaban J connectivity index is 1.35. The molecular weight excluding hydrogens is 352 g/mol. The first-order valence-electron chi connectivity index (χ1n) is 9.47. The van der Waals surface area contributed by atoms with E-state index in [0.717, 1.165) is 40.9 Å². The zero-order chi connectivity index (χ0) is 19.5. The molecule has 0 saturated carbocycles. The van der Waals surface area contributed by atoms with Gasteiger partial charge in [-0.2, -0.15) is 0 Å². The summed E-state index contributed by atoms with van der Waals surface area (Å²) in [5.41, 5.74) is 4.22. The Labute approximate surface area is 164 Å². The van der Waals surface area contributed by atoms with Crippen molar-refractivity contribution in [2.75, 3.05) is 25.0 Å². The molecule has 1 aliphatic heterocycles. The van der Waals surface area contributed by atoms with E-state index >= 15 is 0 Å². The van der Waals surface area contributed by atoms with Gasteiger partial charge in [-0.1, -0.05) is 36.4 Å². The van der Waals surface area contributed by atoms with Gasteiger partial charge in [-0.15, -0.1) is 0 Å². The molecule has 28 heavy (non-hydrogen) atoms. The van der Waals surface area contributed by atoms with Gasteiger partial charge in [0.05, 0.1) is 13.1 Å². The lowest BCUT2D eigenvalue weighted by Crippen LogP contribution is -2.44. The number of nitrogens with one attached hydrogen (secondary N) is 2. The van der Waals surface area contributed by atoms with Crippen molar-refractivity contribution < 1.29 is 9.21 Å². The molecule has 2 N–H and O–H groups in total. The summed E-state index contributed by atoms with van der Waals surface area (Å²) in [5.74, 6) is 1.47. The van der Waals surface area contributed by atoms with Gasteiger partial charge in [0, 0.05) is 30.2 Å². The lowest BCUT2D eigenvalue weighted by Gasteiger charge is -2.18. The number of aliphatic imine (C=N–C) groups is 1. The number of hydrogen-bond donors (Lipinski definition) is 2. The van der Waals surface area contributed by atoms with Crippen molar-refractivity contribution in [1.82, 2.24) is 10.6 Å². The highest BCUT2D eigenvalue weighted by molar-refractivity contribution is 5.98. The Morgan fingerprint density at radius 2 is 1.93 bits per heavy atom. The summed E-state index contributed by atoms with van der Waals surface area (Å²) in [5, 5.41) is 7.45. The van der Waals surface area contributed by atoms with Crippen LogP contribution in [-0.2, 0) is 17.8 Å². The molecule has 6 nitrogen and oxygen atoms in total. The standard InChI is InChI=1S/C22H24N4O2/c1-15-17-8-4-6-10-19(17)28-20(15)13-24-22(23-2)25-14-21(27)26-12-11-16-7-3-5-9-18(16)26/h3-10H,11-14H2,1-2H3,(H2,23,24,25). The third-order valence-electron chi connectivity index (χ3n) is 5.18. The van der Waals surface area contributed by atoms with E-state index in [0.29, 0.717) is 12.5 Å². The van der Waals surface area contributed by atoms with Gasteiger partial charge in [0.1, 0.15) is 11.3 Å². The first kappa shape index (κ1) is 18.1. The van der Waals surface area contributed by atoms with E-state index in [-0.39, 0.29) is 12.5 Å². The van der Waals surface area contributed by atoms with Gasteiger partial charge in [0.15, 0.2) is 5.96 Å². The molecule has 3 aromatic rings. The van der Waals surface area contributed by atoms with Crippen LogP contribution in [0.3, 0.4) is 0 Å². The van der Waals surface area contributed by atoms with Gasteiger partial charge in [0.2, 0.25) is 5.91 Å². The lowest BCUT2D eigenvalue weighted by molar-refractivity contribution is -0.117. The Morgan fingerprint density at radius 3 is 2.75 bits per heavy atom. The Bertz CT molecular complexity index is 1040. The van der Waals surface area contributed by atoms with E-state index in [1.165, 1.54) is 5.56 Å². The minimum atomic E-state index is 0.0350. The summed E-state index contributed by atoms with van der Waals surface area (Å²) >= 11 is 0. The number of carbonyl (C=O) groups is 1. The van der Waals surface area contributed by atoms with Crippen molar-refractivity contribution in [2.24, 2.45) is 4.99 Å². The minimum Gasteiger partial charge on any atom is -0.459 e. The molecule has 1 aromatic heterocycles. The molecule has 2 heterocycles. The Kier molecular flexibility index (Phi) is 5.02. The summed E-state index contributed by atoms with van der Waals surface area (Å²) < 4.78 is 5.92. The van der Waals surface area contributed by atoms with E-state index in [1.807, 2.05) is 48.2 Å². The zero-order valence-electron chi connectivity index (χ0n) is 16.2. The maximum Gasteiger partial charge on any atom is 0.246 e. The average Bonchev–Trinajstić information content (AvgIpc) is 3.30. The maximum atomic E-state index is 12.6. The molecule has 1 aliphatic rings. The molecule has 2 aromatic carbocycles. The number of aryl methyl sites for hydroxylation is 1. The van der Waals surface area contributed by atoms with Crippen LogP contribution in [-0.4, -0.2) is 32.0 Å². The van der Waals surface area contributed by atoms with E-state index in [2.05, 4.69) is 27.8 Å². The van der Waals surface area contributed by atoms with E-state index < -0.39 is 0 Å². The topological polar surface area (TPSA) is 69.9 Å². The van der Waals surface area contributed by atoms with Crippen molar-refractivity contribution in [3.8, 4) is 0 Å². The first-order chi connectivity index (χ1) is 13.7. The van der Waals surface area contributed by atoms with Gasteiger partial charge in [-0.25, -0.2) is 0 Å². The lowest BCUT2D eigenvalue weighted by atomic mass is 10.1. The molecule has 144 valence electrons. The van der Waals surface area contributed by atoms with Crippen molar-refractivity contribution >= 4 is 28.5 Å². The molecule has 6 heteroatoms. The zero-order valence-corrected chi connectivity index (χ0v) is 16.2. The average molecular weight is 376 g/mol. The third kappa shape index (κ3) is 3.45. The number of fused-ring (bicyclic) bond motifs is 2. The maximum absolute atomic E-state index is 12.6. The fraction of sp³-hybridized carbons (Fsp3) is 0.273. The van der Waals surface area contributed by atoms with Crippen LogP contribution in [0.5, 0.6) is 0 Å². The fourth-order valence-corrected chi connectivity index (χ4v) is 3.63. The molecule has 0 bridgehead atoms. The number of benzene rings is 2. The summed E-state index contributed by atoms with van der Waals surface area (Å²) in [6, 6.07) is 16.0. The summed E-state index contributed by atoms with van der Waals surface area (Å²) in [6.07, 6.45) is 0.903. The second kappa shape index (κ2) is 7.76. The number of anilines is 1. The van der Waals surface area contributed by atoms with E-state index in [1.54, 1.807) is 7.05 Å². The van der Waals surface area contributed by atoms with Gasteiger partial charge in [-0.3, -0.25) is 9.79 Å². The SMILES string of the molecule is CN=C(NCC(=O)N1CCc2ccccc21)NCc1oc2ccccc2c1C. The number of nitrogens with zero attached hydrogens (tertiary/aromatic N) is 2.